The molecule has 0 aliphatic heterocycles. The highest BCUT2D eigenvalue weighted by molar-refractivity contribution is 5.98. The van der Waals surface area contributed by atoms with Crippen LogP contribution in [0, 0.1) is 0 Å². The number of rotatable bonds is 6. The van der Waals surface area contributed by atoms with Crippen LogP contribution in [0.3, 0.4) is 0 Å². The molecule has 0 aliphatic carbocycles. The summed E-state index contributed by atoms with van der Waals surface area (Å²) in [6.07, 6.45) is 3.01. The van der Waals surface area contributed by atoms with E-state index in [1.54, 1.807) is 18.2 Å². The van der Waals surface area contributed by atoms with Gasteiger partial charge in [0.1, 0.15) is 5.75 Å². The summed E-state index contributed by atoms with van der Waals surface area (Å²) in [5.74, 6) is -0.0276. The van der Waals surface area contributed by atoms with Crippen molar-refractivity contribution in [2.24, 2.45) is 0 Å². The third-order valence-electron chi connectivity index (χ3n) is 4.17. The fourth-order valence-corrected chi connectivity index (χ4v) is 2.69. The van der Waals surface area contributed by atoms with E-state index in [4.69, 9.17) is 4.74 Å². The van der Waals surface area contributed by atoms with Gasteiger partial charge >= 0.3 is 0 Å². The van der Waals surface area contributed by atoms with E-state index < -0.39 is 5.91 Å². The van der Waals surface area contributed by atoms with Gasteiger partial charge in [0, 0.05) is 11.6 Å². The van der Waals surface area contributed by atoms with Gasteiger partial charge in [0.2, 0.25) is 0 Å². The van der Waals surface area contributed by atoms with Gasteiger partial charge in [0.15, 0.2) is 0 Å². The Morgan fingerprint density at radius 1 is 0.828 bits per heavy atom. The molecule has 0 atom stereocenters. The number of carbonyl (C=O) groups excluding carboxylic acids is 2. The fraction of sp³-hybridized carbons (Fsp3) is 0.0833. The summed E-state index contributed by atoms with van der Waals surface area (Å²) in [5, 5.41) is 0. The van der Waals surface area contributed by atoms with Gasteiger partial charge < -0.3 is 4.74 Å². The second kappa shape index (κ2) is 9.90. The van der Waals surface area contributed by atoms with Crippen LogP contribution >= 0.6 is 0 Å². The highest BCUT2D eigenvalue weighted by Crippen LogP contribution is 2.19. The first kappa shape index (κ1) is 19.9. The lowest BCUT2D eigenvalue weighted by Gasteiger charge is -2.07. The first-order valence-electron chi connectivity index (χ1n) is 9.32. The van der Waals surface area contributed by atoms with E-state index in [1.807, 2.05) is 73.7 Å². The molecular formula is C24H22N2O3. The van der Waals surface area contributed by atoms with Crippen LogP contribution in [0.15, 0.2) is 84.9 Å². The molecule has 0 saturated carbocycles. The molecule has 3 aromatic carbocycles. The molecule has 5 heteroatoms. The summed E-state index contributed by atoms with van der Waals surface area (Å²) < 4.78 is 5.37. The zero-order valence-corrected chi connectivity index (χ0v) is 16.1. The minimum Gasteiger partial charge on any atom is -0.494 e. The van der Waals surface area contributed by atoms with Gasteiger partial charge in [-0.3, -0.25) is 20.4 Å². The molecule has 29 heavy (non-hydrogen) atoms. The van der Waals surface area contributed by atoms with Crippen molar-refractivity contribution in [3.8, 4) is 16.9 Å². The molecule has 0 fully saturated rings. The van der Waals surface area contributed by atoms with E-state index in [1.165, 1.54) is 6.08 Å². The van der Waals surface area contributed by atoms with E-state index in [2.05, 4.69) is 10.9 Å². The molecule has 0 heterocycles. The van der Waals surface area contributed by atoms with Crippen molar-refractivity contribution < 1.29 is 14.3 Å². The van der Waals surface area contributed by atoms with E-state index in [9.17, 15) is 9.59 Å². The summed E-state index contributed by atoms with van der Waals surface area (Å²) in [7, 11) is 0. The van der Waals surface area contributed by atoms with Crippen LogP contribution in [0.2, 0.25) is 0 Å². The number of amides is 2. The first-order valence-corrected chi connectivity index (χ1v) is 9.32. The van der Waals surface area contributed by atoms with Crippen LogP contribution in [-0.2, 0) is 4.79 Å². The maximum absolute atomic E-state index is 12.2. The van der Waals surface area contributed by atoms with Crippen LogP contribution in [0.1, 0.15) is 22.8 Å². The van der Waals surface area contributed by atoms with Crippen molar-refractivity contribution in [3.05, 3.63) is 96.1 Å². The Hall–Kier alpha value is -3.86. The van der Waals surface area contributed by atoms with E-state index >= 15 is 0 Å². The molecule has 2 amide bonds. The number of hydrazine groups is 1. The lowest BCUT2D eigenvalue weighted by Crippen LogP contribution is -2.40. The van der Waals surface area contributed by atoms with Crippen LogP contribution in [0.25, 0.3) is 17.2 Å². The lowest BCUT2D eigenvalue weighted by atomic mass is 10.0. The molecule has 0 aliphatic rings. The third kappa shape index (κ3) is 5.81. The van der Waals surface area contributed by atoms with Crippen LogP contribution in [0.5, 0.6) is 5.75 Å². The predicted molar refractivity (Wildman–Crippen MR) is 114 cm³/mol. The van der Waals surface area contributed by atoms with Crippen molar-refractivity contribution in [1.82, 2.24) is 10.9 Å². The average Bonchev–Trinajstić information content (AvgIpc) is 2.78. The summed E-state index contributed by atoms with van der Waals surface area (Å²) >= 11 is 0. The summed E-state index contributed by atoms with van der Waals surface area (Å²) in [4.78, 5) is 24.1. The number of hydrogen-bond acceptors (Lipinski definition) is 3. The molecule has 0 bridgehead atoms. The minimum atomic E-state index is -0.423. The maximum Gasteiger partial charge on any atom is 0.269 e. The predicted octanol–water partition coefficient (Wildman–Crippen LogP) is 4.23. The van der Waals surface area contributed by atoms with E-state index in [0.717, 1.165) is 22.4 Å². The number of nitrogens with one attached hydrogen (secondary N) is 2. The molecule has 0 unspecified atom stereocenters. The third-order valence-corrected chi connectivity index (χ3v) is 4.17. The summed E-state index contributed by atoms with van der Waals surface area (Å²) in [6.45, 7) is 2.52. The number of ether oxygens (including phenoxy) is 1. The Bertz CT molecular complexity index is 979. The number of hydrogen-bond donors (Lipinski definition) is 2. The van der Waals surface area contributed by atoms with Crippen LogP contribution in [0.4, 0.5) is 0 Å². The van der Waals surface area contributed by atoms with Gasteiger partial charge in [-0.25, -0.2) is 0 Å². The molecule has 3 rings (SSSR count). The molecule has 0 radical (unpaired) electrons. The molecular weight excluding hydrogens is 364 g/mol. The van der Waals surface area contributed by atoms with Crippen LogP contribution in [-0.4, -0.2) is 18.4 Å². The average molecular weight is 386 g/mol. The second-order valence-electron chi connectivity index (χ2n) is 6.22. The first-order chi connectivity index (χ1) is 14.2. The standard InChI is InChI=1S/C24H22N2O3/c1-2-29-22-15-8-18(9-16-22)10-17-23(27)25-26-24(28)21-13-11-20(12-14-21)19-6-4-3-5-7-19/h3-17H,2H2,1H3,(H,25,27)(H,26,28)/b17-10+. The molecule has 3 aromatic rings. The highest BCUT2D eigenvalue weighted by atomic mass is 16.5. The lowest BCUT2D eigenvalue weighted by molar-refractivity contribution is -0.117. The van der Waals surface area contributed by atoms with Crippen molar-refractivity contribution in [1.29, 1.82) is 0 Å². The van der Waals surface area contributed by atoms with Crippen molar-refractivity contribution >= 4 is 17.9 Å². The Labute approximate surface area is 170 Å². The monoisotopic (exact) mass is 386 g/mol. The van der Waals surface area contributed by atoms with Crippen molar-refractivity contribution in [3.63, 3.8) is 0 Å². The van der Waals surface area contributed by atoms with Crippen LogP contribution < -0.4 is 15.6 Å². The van der Waals surface area contributed by atoms with Gasteiger partial charge in [0.25, 0.3) is 11.8 Å². The van der Waals surface area contributed by atoms with Gasteiger partial charge in [-0.1, -0.05) is 54.6 Å². The SMILES string of the molecule is CCOc1ccc(/C=C/C(=O)NNC(=O)c2ccc(-c3ccccc3)cc2)cc1. The van der Waals surface area contributed by atoms with Gasteiger partial charge in [-0.15, -0.1) is 0 Å². The highest BCUT2D eigenvalue weighted by Gasteiger charge is 2.06. The molecule has 5 nitrogen and oxygen atoms in total. The van der Waals surface area contributed by atoms with E-state index in [0.29, 0.717) is 12.2 Å². The number of benzene rings is 3. The zero-order valence-electron chi connectivity index (χ0n) is 16.1. The normalized spacial score (nSPS) is 10.5. The number of carbonyl (C=O) groups is 2. The maximum atomic E-state index is 12.2. The molecule has 146 valence electrons. The second-order valence-corrected chi connectivity index (χ2v) is 6.22. The van der Waals surface area contributed by atoms with Crippen molar-refractivity contribution in [2.75, 3.05) is 6.61 Å². The Balaban J connectivity index is 1.51. The Morgan fingerprint density at radius 2 is 1.48 bits per heavy atom. The zero-order chi connectivity index (χ0) is 20.5. The van der Waals surface area contributed by atoms with Gasteiger partial charge in [-0.05, 0) is 54.0 Å². The summed E-state index contributed by atoms with van der Waals surface area (Å²) in [5.41, 5.74) is 8.20. The molecule has 0 aromatic heterocycles. The van der Waals surface area contributed by atoms with Gasteiger partial charge in [0.05, 0.1) is 6.61 Å². The van der Waals surface area contributed by atoms with E-state index in [-0.39, 0.29) is 5.91 Å². The van der Waals surface area contributed by atoms with Gasteiger partial charge in [-0.2, -0.15) is 0 Å². The Kier molecular flexibility index (Phi) is 6.79. The fourth-order valence-electron chi connectivity index (χ4n) is 2.69. The smallest absolute Gasteiger partial charge is 0.269 e. The quantitative estimate of drug-likeness (QED) is 0.492. The summed E-state index contributed by atoms with van der Waals surface area (Å²) in [6, 6.07) is 24.5. The minimum absolute atomic E-state index is 0.382. The van der Waals surface area contributed by atoms with Crippen molar-refractivity contribution in [2.45, 2.75) is 6.92 Å². The molecule has 0 saturated heterocycles. The molecule has 0 spiro atoms. The topological polar surface area (TPSA) is 67.4 Å². The Morgan fingerprint density at radius 3 is 2.14 bits per heavy atom. The molecule has 2 N–H and O–H groups in total. The largest absolute Gasteiger partial charge is 0.494 e.